The highest BCUT2D eigenvalue weighted by Gasteiger charge is 2.25. The molecule has 1 aliphatic rings. The van der Waals surface area contributed by atoms with Gasteiger partial charge in [0.05, 0.1) is 0 Å². The van der Waals surface area contributed by atoms with Crippen LogP contribution in [0.15, 0.2) is 24.3 Å². The number of hydrogen-bond acceptors (Lipinski definition) is 2. The SMILES string of the molecule is CC(CCCCN1Cc2ccccc2C1=O)C(N)=O. The second-order valence-electron chi connectivity index (χ2n) is 5.18. The van der Waals surface area contributed by atoms with Crippen LogP contribution in [0.3, 0.4) is 0 Å². The highest BCUT2D eigenvalue weighted by Crippen LogP contribution is 2.22. The van der Waals surface area contributed by atoms with Crippen LogP contribution >= 0.6 is 0 Å². The zero-order chi connectivity index (χ0) is 13.8. The lowest BCUT2D eigenvalue weighted by Gasteiger charge is -2.15. The summed E-state index contributed by atoms with van der Waals surface area (Å²) in [6.07, 6.45) is 2.63. The highest BCUT2D eigenvalue weighted by molar-refractivity contribution is 5.98. The van der Waals surface area contributed by atoms with Crippen LogP contribution in [0.25, 0.3) is 0 Å². The lowest BCUT2D eigenvalue weighted by Crippen LogP contribution is -2.25. The average molecular weight is 260 g/mol. The van der Waals surface area contributed by atoms with Gasteiger partial charge in [-0.3, -0.25) is 9.59 Å². The summed E-state index contributed by atoms with van der Waals surface area (Å²) < 4.78 is 0. The van der Waals surface area contributed by atoms with E-state index in [0.29, 0.717) is 6.54 Å². The zero-order valence-electron chi connectivity index (χ0n) is 11.3. The molecular weight excluding hydrogens is 240 g/mol. The summed E-state index contributed by atoms with van der Waals surface area (Å²) in [6.45, 7) is 3.30. The molecule has 0 aliphatic carbocycles. The Kier molecular flexibility index (Phi) is 4.20. The van der Waals surface area contributed by atoms with Crippen molar-refractivity contribution in [1.82, 2.24) is 4.90 Å². The Morgan fingerprint density at radius 3 is 2.79 bits per heavy atom. The van der Waals surface area contributed by atoms with E-state index >= 15 is 0 Å². The minimum atomic E-state index is -0.246. The molecule has 19 heavy (non-hydrogen) atoms. The molecule has 1 aromatic carbocycles. The van der Waals surface area contributed by atoms with E-state index in [9.17, 15) is 9.59 Å². The summed E-state index contributed by atoms with van der Waals surface area (Å²) in [6, 6.07) is 7.74. The molecule has 102 valence electrons. The maximum Gasteiger partial charge on any atom is 0.254 e. The van der Waals surface area contributed by atoms with Crippen molar-refractivity contribution in [3.63, 3.8) is 0 Å². The third kappa shape index (κ3) is 3.13. The molecule has 1 atom stereocenters. The van der Waals surface area contributed by atoms with E-state index in [0.717, 1.165) is 36.9 Å². The molecule has 0 saturated heterocycles. The van der Waals surface area contributed by atoms with Gasteiger partial charge in [-0.1, -0.05) is 31.5 Å². The lowest BCUT2D eigenvalue weighted by atomic mass is 10.0. The van der Waals surface area contributed by atoms with Gasteiger partial charge in [-0.2, -0.15) is 0 Å². The molecule has 0 saturated carbocycles. The van der Waals surface area contributed by atoms with Crippen LogP contribution in [-0.2, 0) is 11.3 Å². The van der Waals surface area contributed by atoms with Gasteiger partial charge in [0.1, 0.15) is 0 Å². The first-order valence-electron chi connectivity index (χ1n) is 6.76. The fraction of sp³-hybridized carbons (Fsp3) is 0.467. The minimum absolute atomic E-state index is 0.0773. The first-order valence-corrected chi connectivity index (χ1v) is 6.76. The quantitative estimate of drug-likeness (QED) is 0.794. The van der Waals surface area contributed by atoms with Gasteiger partial charge < -0.3 is 10.6 Å². The molecule has 0 radical (unpaired) electrons. The van der Waals surface area contributed by atoms with Gasteiger partial charge in [-0.15, -0.1) is 0 Å². The summed E-state index contributed by atoms with van der Waals surface area (Å²) in [5, 5.41) is 0. The van der Waals surface area contributed by atoms with Crippen molar-refractivity contribution in [2.45, 2.75) is 32.7 Å². The topological polar surface area (TPSA) is 63.4 Å². The molecule has 2 amide bonds. The Hall–Kier alpha value is -1.84. The van der Waals surface area contributed by atoms with E-state index in [4.69, 9.17) is 5.73 Å². The highest BCUT2D eigenvalue weighted by atomic mass is 16.2. The second kappa shape index (κ2) is 5.87. The maximum absolute atomic E-state index is 12.1. The number of nitrogens with zero attached hydrogens (tertiary/aromatic N) is 1. The average Bonchev–Trinajstić information content (AvgIpc) is 2.72. The molecule has 2 rings (SSSR count). The first kappa shape index (κ1) is 13.6. The van der Waals surface area contributed by atoms with Crippen molar-refractivity contribution in [1.29, 1.82) is 0 Å². The van der Waals surface area contributed by atoms with Crippen LogP contribution in [0.1, 0.15) is 42.1 Å². The third-order valence-electron chi connectivity index (χ3n) is 3.70. The normalized spacial score (nSPS) is 15.4. The van der Waals surface area contributed by atoms with Crippen molar-refractivity contribution in [2.75, 3.05) is 6.54 Å². The number of carbonyl (C=O) groups is 2. The fourth-order valence-corrected chi connectivity index (χ4v) is 2.39. The van der Waals surface area contributed by atoms with Crippen LogP contribution in [-0.4, -0.2) is 23.3 Å². The Morgan fingerprint density at radius 1 is 1.37 bits per heavy atom. The van der Waals surface area contributed by atoms with Gasteiger partial charge in [0, 0.05) is 24.6 Å². The first-order chi connectivity index (χ1) is 9.09. The van der Waals surface area contributed by atoms with Gasteiger partial charge in [0.25, 0.3) is 5.91 Å². The fourth-order valence-electron chi connectivity index (χ4n) is 2.39. The largest absolute Gasteiger partial charge is 0.369 e. The molecule has 4 heteroatoms. The van der Waals surface area contributed by atoms with E-state index in [1.54, 1.807) is 0 Å². The Balaban J connectivity index is 1.77. The van der Waals surface area contributed by atoms with Crippen molar-refractivity contribution in [3.8, 4) is 0 Å². The maximum atomic E-state index is 12.1. The number of unbranched alkanes of at least 4 members (excludes halogenated alkanes) is 1. The molecule has 0 aromatic heterocycles. The number of hydrogen-bond donors (Lipinski definition) is 1. The molecular formula is C15H20N2O2. The monoisotopic (exact) mass is 260 g/mol. The van der Waals surface area contributed by atoms with Gasteiger partial charge in [-0.05, 0) is 24.5 Å². The number of nitrogens with two attached hydrogens (primary N) is 1. The number of primary amides is 1. The summed E-state index contributed by atoms with van der Waals surface area (Å²) in [5.41, 5.74) is 7.15. The van der Waals surface area contributed by atoms with Gasteiger partial charge in [-0.25, -0.2) is 0 Å². The Labute approximate surface area is 113 Å². The smallest absolute Gasteiger partial charge is 0.254 e. The predicted octanol–water partition coefficient (Wildman–Crippen LogP) is 1.93. The lowest BCUT2D eigenvalue weighted by molar-refractivity contribution is -0.121. The second-order valence-corrected chi connectivity index (χ2v) is 5.18. The number of carbonyl (C=O) groups excluding carboxylic acids is 2. The van der Waals surface area contributed by atoms with Crippen molar-refractivity contribution in [3.05, 3.63) is 35.4 Å². The molecule has 0 spiro atoms. The van der Waals surface area contributed by atoms with Crippen LogP contribution < -0.4 is 5.73 Å². The van der Waals surface area contributed by atoms with E-state index in [2.05, 4.69) is 0 Å². The van der Waals surface area contributed by atoms with E-state index in [1.807, 2.05) is 36.1 Å². The van der Waals surface area contributed by atoms with Crippen LogP contribution in [0.2, 0.25) is 0 Å². The summed E-state index contributed by atoms with van der Waals surface area (Å²) in [7, 11) is 0. The Morgan fingerprint density at radius 2 is 2.11 bits per heavy atom. The molecule has 1 aromatic rings. The summed E-state index contributed by atoms with van der Waals surface area (Å²) in [4.78, 5) is 24.9. The van der Waals surface area contributed by atoms with Crippen LogP contribution in [0.5, 0.6) is 0 Å². The number of amides is 2. The van der Waals surface area contributed by atoms with Gasteiger partial charge >= 0.3 is 0 Å². The summed E-state index contributed by atoms with van der Waals surface area (Å²) in [5.74, 6) is -0.199. The molecule has 0 fully saturated rings. The van der Waals surface area contributed by atoms with E-state index in [-0.39, 0.29) is 17.7 Å². The van der Waals surface area contributed by atoms with E-state index in [1.165, 1.54) is 0 Å². The van der Waals surface area contributed by atoms with Crippen molar-refractivity contribution in [2.24, 2.45) is 11.7 Å². The Bertz CT molecular complexity index is 485. The number of rotatable bonds is 6. The minimum Gasteiger partial charge on any atom is -0.369 e. The van der Waals surface area contributed by atoms with Crippen LogP contribution in [0, 0.1) is 5.92 Å². The van der Waals surface area contributed by atoms with Crippen molar-refractivity contribution >= 4 is 11.8 Å². The molecule has 2 N–H and O–H groups in total. The molecule has 1 aliphatic heterocycles. The van der Waals surface area contributed by atoms with Gasteiger partial charge in [0.15, 0.2) is 0 Å². The third-order valence-corrected chi connectivity index (χ3v) is 3.70. The molecule has 0 bridgehead atoms. The van der Waals surface area contributed by atoms with Crippen molar-refractivity contribution < 1.29 is 9.59 Å². The number of benzene rings is 1. The molecule has 4 nitrogen and oxygen atoms in total. The predicted molar refractivity (Wildman–Crippen MR) is 73.4 cm³/mol. The molecule has 1 unspecified atom stereocenters. The zero-order valence-corrected chi connectivity index (χ0v) is 11.3. The van der Waals surface area contributed by atoms with Crippen LogP contribution in [0.4, 0.5) is 0 Å². The van der Waals surface area contributed by atoms with E-state index < -0.39 is 0 Å². The van der Waals surface area contributed by atoms with Gasteiger partial charge in [0.2, 0.25) is 5.91 Å². The standard InChI is InChI=1S/C15H20N2O2/c1-11(14(16)18)6-4-5-9-17-10-12-7-2-3-8-13(12)15(17)19/h2-3,7-8,11H,4-6,9-10H2,1H3,(H2,16,18). The molecule has 1 heterocycles. The summed E-state index contributed by atoms with van der Waals surface area (Å²) >= 11 is 0. The number of fused-ring (bicyclic) bond motifs is 1.